The van der Waals surface area contributed by atoms with E-state index in [1.54, 1.807) is 24.3 Å². The molecule has 2 aromatic carbocycles. The lowest BCUT2D eigenvalue weighted by atomic mass is 10.2. The highest BCUT2D eigenvalue weighted by Gasteiger charge is 2.12. The number of aryl methyl sites for hydroxylation is 1. The molecule has 0 bridgehead atoms. The standard InChI is InChI=1S/C17H19NO2S2/c1-15-10-12-17(13-11-15)22(19,20)18-21(2)14-6-9-16-7-4-3-5-8-16/h3-13H,14H2,1-2H3/b9-6+. The number of hydrogen-bond donors (Lipinski definition) is 0. The van der Waals surface area contributed by atoms with Gasteiger partial charge in [0.15, 0.2) is 0 Å². The van der Waals surface area contributed by atoms with E-state index in [-0.39, 0.29) is 4.90 Å². The van der Waals surface area contributed by atoms with Gasteiger partial charge < -0.3 is 0 Å². The van der Waals surface area contributed by atoms with Crippen molar-refractivity contribution >= 4 is 26.8 Å². The van der Waals surface area contributed by atoms with Gasteiger partial charge in [-0.25, -0.2) is 0 Å². The van der Waals surface area contributed by atoms with Crippen LogP contribution in [0.15, 0.2) is 69.3 Å². The normalized spacial score (nSPS) is 13.5. The summed E-state index contributed by atoms with van der Waals surface area (Å²) in [5.41, 5.74) is 2.13. The highest BCUT2D eigenvalue weighted by atomic mass is 32.3. The Hall–Kier alpha value is -1.72. The second-order valence-electron chi connectivity index (χ2n) is 4.94. The van der Waals surface area contributed by atoms with Crippen molar-refractivity contribution in [3.8, 4) is 0 Å². The van der Waals surface area contributed by atoms with Crippen molar-refractivity contribution in [3.05, 3.63) is 71.8 Å². The zero-order chi connectivity index (χ0) is 16.0. The molecule has 3 nitrogen and oxygen atoms in total. The molecular formula is C17H19NO2S2. The lowest BCUT2D eigenvalue weighted by molar-refractivity contribution is 0.598. The quantitative estimate of drug-likeness (QED) is 0.835. The maximum absolute atomic E-state index is 12.2. The molecule has 1 atom stereocenters. The van der Waals surface area contributed by atoms with Crippen LogP contribution in [0.25, 0.3) is 6.08 Å². The molecule has 0 N–H and O–H groups in total. The summed E-state index contributed by atoms with van der Waals surface area (Å²) in [4.78, 5) is 0.254. The maximum Gasteiger partial charge on any atom is 0.287 e. The predicted molar refractivity (Wildman–Crippen MR) is 94.4 cm³/mol. The molecule has 0 radical (unpaired) electrons. The van der Waals surface area contributed by atoms with Crippen molar-refractivity contribution in [2.75, 3.05) is 12.0 Å². The average Bonchev–Trinajstić information content (AvgIpc) is 2.48. The Morgan fingerprint density at radius 1 is 1.05 bits per heavy atom. The first-order valence-electron chi connectivity index (χ1n) is 6.86. The SMILES string of the molecule is Cc1ccc(S(=O)(=O)/N=S(\C)C/C=C/c2ccccc2)cc1. The van der Waals surface area contributed by atoms with Crippen molar-refractivity contribution in [2.45, 2.75) is 11.8 Å². The van der Waals surface area contributed by atoms with Crippen LogP contribution < -0.4 is 0 Å². The number of benzene rings is 2. The third-order valence-corrected chi connectivity index (χ3v) is 6.34. The molecule has 0 aliphatic carbocycles. The number of rotatable bonds is 5. The molecule has 0 heterocycles. The number of hydrogen-bond acceptors (Lipinski definition) is 2. The van der Waals surface area contributed by atoms with E-state index < -0.39 is 20.7 Å². The first kappa shape index (κ1) is 16.6. The number of nitrogens with zero attached hydrogens (tertiary/aromatic N) is 1. The van der Waals surface area contributed by atoms with Crippen LogP contribution >= 0.6 is 0 Å². The molecule has 22 heavy (non-hydrogen) atoms. The van der Waals surface area contributed by atoms with Crippen molar-refractivity contribution in [1.82, 2.24) is 0 Å². The van der Waals surface area contributed by atoms with Crippen LogP contribution in [0.1, 0.15) is 11.1 Å². The zero-order valence-electron chi connectivity index (χ0n) is 12.6. The van der Waals surface area contributed by atoms with Gasteiger partial charge in [0.2, 0.25) is 0 Å². The molecule has 0 saturated carbocycles. The monoisotopic (exact) mass is 333 g/mol. The molecule has 0 saturated heterocycles. The largest absolute Gasteiger partial charge is 0.287 e. The summed E-state index contributed by atoms with van der Waals surface area (Å²) < 4.78 is 28.4. The van der Waals surface area contributed by atoms with Crippen LogP contribution in [0, 0.1) is 6.92 Å². The minimum Gasteiger partial charge on any atom is -0.199 e. The van der Waals surface area contributed by atoms with E-state index in [0.29, 0.717) is 5.75 Å². The molecule has 0 aromatic heterocycles. The smallest absolute Gasteiger partial charge is 0.199 e. The van der Waals surface area contributed by atoms with Gasteiger partial charge >= 0.3 is 0 Å². The third kappa shape index (κ3) is 4.93. The molecule has 0 fully saturated rings. The van der Waals surface area contributed by atoms with Crippen LogP contribution in [0.3, 0.4) is 0 Å². The first-order valence-corrected chi connectivity index (χ1v) is 10.1. The topological polar surface area (TPSA) is 46.5 Å². The summed E-state index contributed by atoms with van der Waals surface area (Å²) >= 11 is 0. The molecular weight excluding hydrogens is 314 g/mol. The minimum absolute atomic E-state index is 0.254. The summed E-state index contributed by atoms with van der Waals surface area (Å²) in [6.45, 7) is 1.92. The van der Waals surface area contributed by atoms with Crippen LogP contribution in [-0.4, -0.2) is 20.4 Å². The van der Waals surface area contributed by atoms with Gasteiger partial charge in [-0.1, -0.05) is 70.9 Å². The first-order chi connectivity index (χ1) is 10.5. The molecule has 2 rings (SSSR count). The van der Waals surface area contributed by atoms with E-state index in [9.17, 15) is 8.42 Å². The highest BCUT2D eigenvalue weighted by Crippen LogP contribution is 2.14. The van der Waals surface area contributed by atoms with Crippen LogP contribution in [0.5, 0.6) is 0 Å². The van der Waals surface area contributed by atoms with Gasteiger partial charge in [-0.15, -0.1) is 3.77 Å². The molecule has 5 heteroatoms. The van der Waals surface area contributed by atoms with E-state index in [0.717, 1.165) is 11.1 Å². The lowest BCUT2D eigenvalue weighted by Gasteiger charge is -2.02. The van der Waals surface area contributed by atoms with Gasteiger partial charge in [-0.2, -0.15) is 8.42 Å². The van der Waals surface area contributed by atoms with Gasteiger partial charge in [0, 0.05) is 5.75 Å². The van der Waals surface area contributed by atoms with Crippen LogP contribution in [-0.2, 0) is 20.7 Å². The summed E-state index contributed by atoms with van der Waals surface area (Å²) in [5, 5.41) is 0. The molecule has 1 unspecified atom stereocenters. The second kappa shape index (κ2) is 7.51. The van der Waals surface area contributed by atoms with Gasteiger partial charge in [0.1, 0.15) is 0 Å². The summed E-state index contributed by atoms with van der Waals surface area (Å²) in [6, 6.07) is 16.7. The Bertz CT molecular complexity index is 777. The third-order valence-electron chi connectivity index (χ3n) is 2.99. The Morgan fingerprint density at radius 2 is 1.68 bits per heavy atom. The summed E-state index contributed by atoms with van der Waals surface area (Å²) in [6.07, 6.45) is 5.78. The highest BCUT2D eigenvalue weighted by molar-refractivity contribution is 7.99. The fourth-order valence-electron chi connectivity index (χ4n) is 1.84. The summed E-state index contributed by atoms with van der Waals surface area (Å²) in [7, 11) is -4.14. The van der Waals surface area contributed by atoms with E-state index >= 15 is 0 Å². The van der Waals surface area contributed by atoms with Gasteiger partial charge in [-0.05, 0) is 30.9 Å². The van der Waals surface area contributed by atoms with Crippen molar-refractivity contribution in [2.24, 2.45) is 3.77 Å². The summed E-state index contributed by atoms with van der Waals surface area (Å²) in [5.74, 6) is 0.611. The fourth-order valence-corrected chi connectivity index (χ4v) is 4.62. The molecule has 0 aliphatic heterocycles. The average molecular weight is 333 g/mol. The molecule has 0 aliphatic rings. The van der Waals surface area contributed by atoms with Crippen molar-refractivity contribution in [3.63, 3.8) is 0 Å². The van der Waals surface area contributed by atoms with Gasteiger partial charge in [0.05, 0.1) is 4.90 Å². The Labute approximate surface area is 134 Å². The van der Waals surface area contributed by atoms with E-state index in [2.05, 4.69) is 3.77 Å². The van der Waals surface area contributed by atoms with E-state index in [1.165, 1.54) is 0 Å². The van der Waals surface area contributed by atoms with E-state index in [4.69, 9.17) is 0 Å². The van der Waals surface area contributed by atoms with Crippen LogP contribution in [0.4, 0.5) is 0 Å². The zero-order valence-corrected chi connectivity index (χ0v) is 14.3. The minimum atomic E-state index is -3.57. The predicted octanol–water partition coefficient (Wildman–Crippen LogP) is 3.83. The lowest BCUT2D eigenvalue weighted by Crippen LogP contribution is -2.01. The molecule has 0 spiro atoms. The van der Waals surface area contributed by atoms with Gasteiger partial charge in [0.25, 0.3) is 10.0 Å². The molecule has 0 amide bonds. The van der Waals surface area contributed by atoms with Crippen molar-refractivity contribution < 1.29 is 8.42 Å². The number of sulfonamides is 1. The molecule has 116 valence electrons. The van der Waals surface area contributed by atoms with E-state index in [1.807, 2.05) is 55.7 Å². The Balaban J connectivity index is 2.08. The van der Waals surface area contributed by atoms with Crippen molar-refractivity contribution in [1.29, 1.82) is 0 Å². The molecule has 2 aromatic rings. The Kier molecular flexibility index (Phi) is 5.69. The second-order valence-corrected chi connectivity index (χ2v) is 8.49. The van der Waals surface area contributed by atoms with Gasteiger partial charge in [-0.3, -0.25) is 0 Å². The van der Waals surface area contributed by atoms with Crippen LogP contribution in [0.2, 0.25) is 0 Å². The maximum atomic E-state index is 12.2. The fraction of sp³-hybridized carbons (Fsp3) is 0.176. The Morgan fingerprint density at radius 3 is 2.32 bits per heavy atom.